The van der Waals surface area contributed by atoms with Crippen LogP contribution in [-0.2, 0) is 16.0 Å². The van der Waals surface area contributed by atoms with Crippen LogP contribution in [0.25, 0.3) is 17.0 Å². The molecule has 2 heterocycles. The van der Waals surface area contributed by atoms with Gasteiger partial charge in [-0.05, 0) is 30.9 Å². The standard InChI is InChI=1S/C19H21N3O2/c1-2-13-5-3-7-17-15(11-21-18(13)17)9-14(10-20)19(23)22-12-16-6-4-8-24-16/h3,5,7,9,11,16,21H,2,4,6,8,12H2,1H3,(H,22,23)/b14-9+/t16-/m1/s1. The number of hydrogen-bond donors (Lipinski definition) is 2. The lowest BCUT2D eigenvalue weighted by molar-refractivity contribution is -0.117. The van der Waals surface area contributed by atoms with Crippen LogP contribution in [0.2, 0.25) is 0 Å². The highest BCUT2D eigenvalue weighted by molar-refractivity contribution is 6.04. The van der Waals surface area contributed by atoms with E-state index >= 15 is 0 Å². The van der Waals surface area contributed by atoms with Gasteiger partial charge in [0.2, 0.25) is 0 Å². The first-order valence-corrected chi connectivity index (χ1v) is 8.33. The van der Waals surface area contributed by atoms with E-state index in [-0.39, 0.29) is 17.6 Å². The number of nitrogens with one attached hydrogen (secondary N) is 2. The molecule has 2 N–H and O–H groups in total. The number of H-pyrrole nitrogens is 1. The van der Waals surface area contributed by atoms with Crippen molar-refractivity contribution >= 4 is 22.9 Å². The van der Waals surface area contributed by atoms with Gasteiger partial charge < -0.3 is 15.0 Å². The summed E-state index contributed by atoms with van der Waals surface area (Å²) in [5.74, 6) is -0.353. The first-order valence-electron chi connectivity index (χ1n) is 8.33. The van der Waals surface area contributed by atoms with Crippen molar-refractivity contribution in [2.24, 2.45) is 0 Å². The van der Waals surface area contributed by atoms with E-state index in [2.05, 4.69) is 23.3 Å². The van der Waals surface area contributed by atoms with Gasteiger partial charge in [-0.3, -0.25) is 4.79 Å². The lowest BCUT2D eigenvalue weighted by Crippen LogP contribution is -2.32. The molecule has 0 spiro atoms. The van der Waals surface area contributed by atoms with E-state index in [1.54, 1.807) is 6.08 Å². The van der Waals surface area contributed by atoms with E-state index in [1.807, 2.05) is 24.4 Å². The quantitative estimate of drug-likeness (QED) is 0.656. The summed E-state index contributed by atoms with van der Waals surface area (Å²) in [5, 5.41) is 13.2. The number of nitriles is 1. The minimum absolute atomic E-state index is 0.0640. The van der Waals surface area contributed by atoms with Gasteiger partial charge in [0, 0.05) is 35.8 Å². The van der Waals surface area contributed by atoms with Crippen LogP contribution in [0, 0.1) is 11.3 Å². The summed E-state index contributed by atoms with van der Waals surface area (Å²) in [6.07, 6.45) is 6.45. The molecule has 3 rings (SSSR count). The summed E-state index contributed by atoms with van der Waals surface area (Å²) in [7, 11) is 0. The molecule has 1 saturated heterocycles. The molecule has 1 amide bonds. The van der Waals surface area contributed by atoms with Crippen molar-refractivity contribution < 1.29 is 9.53 Å². The lowest BCUT2D eigenvalue weighted by atomic mass is 10.1. The Balaban J connectivity index is 1.80. The maximum atomic E-state index is 12.2. The van der Waals surface area contributed by atoms with Gasteiger partial charge in [-0.15, -0.1) is 0 Å². The number of rotatable bonds is 5. The van der Waals surface area contributed by atoms with Crippen molar-refractivity contribution in [3.8, 4) is 6.07 Å². The largest absolute Gasteiger partial charge is 0.376 e. The number of aromatic nitrogens is 1. The van der Waals surface area contributed by atoms with E-state index in [9.17, 15) is 10.1 Å². The molecule has 1 aliphatic rings. The van der Waals surface area contributed by atoms with Gasteiger partial charge in [-0.2, -0.15) is 5.26 Å². The Morgan fingerprint density at radius 2 is 2.42 bits per heavy atom. The Morgan fingerprint density at radius 1 is 1.54 bits per heavy atom. The molecule has 5 heteroatoms. The van der Waals surface area contributed by atoms with Crippen LogP contribution in [0.1, 0.15) is 30.9 Å². The molecule has 0 bridgehead atoms. The first kappa shape index (κ1) is 16.3. The van der Waals surface area contributed by atoms with Crippen molar-refractivity contribution in [2.75, 3.05) is 13.2 Å². The van der Waals surface area contributed by atoms with Gasteiger partial charge in [0.1, 0.15) is 11.6 Å². The molecule has 1 aliphatic heterocycles. The topological polar surface area (TPSA) is 77.9 Å². The van der Waals surface area contributed by atoms with Crippen LogP contribution in [0.15, 0.2) is 30.0 Å². The molecule has 1 atom stereocenters. The number of benzene rings is 1. The number of ether oxygens (including phenoxy) is 1. The highest BCUT2D eigenvalue weighted by Gasteiger charge is 2.18. The van der Waals surface area contributed by atoms with Crippen LogP contribution < -0.4 is 5.32 Å². The van der Waals surface area contributed by atoms with E-state index in [0.29, 0.717) is 6.54 Å². The Labute approximate surface area is 141 Å². The molecule has 1 aromatic carbocycles. The minimum Gasteiger partial charge on any atom is -0.376 e. The summed E-state index contributed by atoms with van der Waals surface area (Å²) >= 11 is 0. The van der Waals surface area contributed by atoms with Crippen LogP contribution >= 0.6 is 0 Å². The number of para-hydroxylation sites is 1. The fourth-order valence-electron chi connectivity index (χ4n) is 3.06. The molecular weight excluding hydrogens is 302 g/mol. The number of aryl methyl sites for hydroxylation is 1. The summed E-state index contributed by atoms with van der Waals surface area (Å²) in [4.78, 5) is 15.5. The van der Waals surface area contributed by atoms with Gasteiger partial charge in [0.15, 0.2) is 0 Å². The van der Waals surface area contributed by atoms with Gasteiger partial charge in [-0.1, -0.05) is 25.1 Å². The molecule has 1 aromatic heterocycles. The number of amides is 1. The molecule has 0 radical (unpaired) electrons. The maximum Gasteiger partial charge on any atom is 0.262 e. The molecule has 24 heavy (non-hydrogen) atoms. The second-order valence-corrected chi connectivity index (χ2v) is 5.95. The molecule has 124 valence electrons. The summed E-state index contributed by atoms with van der Waals surface area (Å²) < 4.78 is 5.48. The first-order chi connectivity index (χ1) is 11.7. The number of nitrogens with zero attached hydrogens (tertiary/aromatic N) is 1. The van der Waals surface area contributed by atoms with Gasteiger partial charge in [0.25, 0.3) is 5.91 Å². The molecule has 0 aliphatic carbocycles. The molecule has 0 saturated carbocycles. The molecule has 1 fully saturated rings. The average Bonchev–Trinajstić information content (AvgIpc) is 3.27. The Hall–Kier alpha value is -2.58. The monoisotopic (exact) mass is 323 g/mol. The van der Waals surface area contributed by atoms with E-state index in [1.165, 1.54) is 5.56 Å². The zero-order chi connectivity index (χ0) is 16.9. The third-order valence-electron chi connectivity index (χ3n) is 4.39. The average molecular weight is 323 g/mol. The summed E-state index contributed by atoms with van der Waals surface area (Å²) in [5.41, 5.74) is 3.23. The van der Waals surface area contributed by atoms with Crippen molar-refractivity contribution in [3.05, 3.63) is 41.1 Å². The van der Waals surface area contributed by atoms with Crippen LogP contribution in [0.3, 0.4) is 0 Å². The van der Waals surface area contributed by atoms with Crippen LogP contribution in [-0.4, -0.2) is 30.1 Å². The van der Waals surface area contributed by atoms with Crippen molar-refractivity contribution in [3.63, 3.8) is 0 Å². The molecule has 0 unspecified atom stereocenters. The zero-order valence-corrected chi connectivity index (χ0v) is 13.8. The lowest BCUT2D eigenvalue weighted by Gasteiger charge is -2.10. The second kappa shape index (κ2) is 7.33. The summed E-state index contributed by atoms with van der Waals surface area (Å²) in [6.45, 7) is 3.30. The predicted molar refractivity (Wildman–Crippen MR) is 93.3 cm³/mol. The number of hydrogen-bond acceptors (Lipinski definition) is 3. The molecule has 5 nitrogen and oxygen atoms in total. The Kier molecular flexibility index (Phi) is 4.97. The number of carbonyl (C=O) groups excluding carboxylic acids is 1. The smallest absolute Gasteiger partial charge is 0.262 e. The minimum atomic E-state index is -0.353. The second-order valence-electron chi connectivity index (χ2n) is 5.95. The highest BCUT2D eigenvalue weighted by Crippen LogP contribution is 2.24. The molecule has 2 aromatic rings. The van der Waals surface area contributed by atoms with E-state index in [0.717, 1.165) is 42.3 Å². The van der Waals surface area contributed by atoms with Crippen molar-refractivity contribution in [1.29, 1.82) is 5.26 Å². The normalized spacial score (nSPS) is 17.8. The van der Waals surface area contributed by atoms with Gasteiger partial charge in [0.05, 0.1) is 6.10 Å². The molecular formula is C19H21N3O2. The number of aromatic amines is 1. The fourth-order valence-corrected chi connectivity index (χ4v) is 3.06. The number of carbonyl (C=O) groups is 1. The Bertz CT molecular complexity index is 808. The predicted octanol–water partition coefficient (Wildman–Crippen LogP) is 2.93. The van der Waals surface area contributed by atoms with Crippen LogP contribution in [0.5, 0.6) is 0 Å². The number of fused-ring (bicyclic) bond motifs is 1. The third-order valence-corrected chi connectivity index (χ3v) is 4.39. The maximum absolute atomic E-state index is 12.2. The summed E-state index contributed by atoms with van der Waals surface area (Å²) in [6, 6.07) is 8.07. The van der Waals surface area contributed by atoms with Gasteiger partial charge in [-0.25, -0.2) is 0 Å². The van der Waals surface area contributed by atoms with E-state index in [4.69, 9.17) is 4.74 Å². The van der Waals surface area contributed by atoms with Crippen molar-refractivity contribution in [2.45, 2.75) is 32.3 Å². The SMILES string of the molecule is CCc1cccc2c(/C=C(\C#N)C(=O)NC[C@H]3CCCO3)c[nH]c12. The Morgan fingerprint density at radius 3 is 3.12 bits per heavy atom. The highest BCUT2D eigenvalue weighted by atomic mass is 16.5. The van der Waals surface area contributed by atoms with Gasteiger partial charge >= 0.3 is 0 Å². The van der Waals surface area contributed by atoms with E-state index < -0.39 is 0 Å². The van der Waals surface area contributed by atoms with Crippen LogP contribution in [0.4, 0.5) is 0 Å². The van der Waals surface area contributed by atoms with Crippen molar-refractivity contribution in [1.82, 2.24) is 10.3 Å². The fraction of sp³-hybridized carbons (Fsp3) is 0.368. The third kappa shape index (κ3) is 3.34. The zero-order valence-electron chi connectivity index (χ0n) is 13.8.